The maximum absolute atomic E-state index is 10.4. The third-order valence-electron chi connectivity index (χ3n) is 1.97. The van der Waals surface area contributed by atoms with Crippen LogP contribution in [0.25, 0.3) is 0 Å². The van der Waals surface area contributed by atoms with Gasteiger partial charge < -0.3 is 22.3 Å². The van der Waals surface area contributed by atoms with Crippen LogP contribution >= 0.6 is 0 Å². The molecule has 7 N–H and O–H groups in total. The standard InChI is InChI=1S/C9H13N3O2/c10-6-3-1-2-5(9(6)12)7(11)4-8(13)14/h1-3,7H,4,10-12H2,(H,13,14)/t7-/m0/s1. The number of hydrogen-bond donors (Lipinski definition) is 4. The van der Waals surface area contributed by atoms with Crippen molar-refractivity contribution in [2.75, 3.05) is 11.5 Å². The molecule has 1 atom stereocenters. The van der Waals surface area contributed by atoms with Crippen molar-refractivity contribution < 1.29 is 9.90 Å². The van der Waals surface area contributed by atoms with E-state index in [1.807, 2.05) is 0 Å². The van der Waals surface area contributed by atoms with Gasteiger partial charge in [0, 0.05) is 6.04 Å². The van der Waals surface area contributed by atoms with Crippen LogP contribution in [-0.4, -0.2) is 11.1 Å². The Balaban J connectivity index is 2.95. The smallest absolute Gasteiger partial charge is 0.305 e. The van der Waals surface area contributed by atoms with Crippen molar-refractivity contribution in [3.8, 4) is 0 Å². The van der Waals surface area contributed by atoms with E-state index in [0.29, 0.717) is 16.9 Å². The van der Waals surface area contributed by atoms with Crippen molar-refractivity contribution in [2.24, 2.45) is 5.73 Å². The van der Waals surface area contributed by atoms with E-state index >= 15 is 0 Å². The lowest BCUT2D eigenvalue weighted by Crippen LogP contribution is -2.17. The Morgan fingerprint density at radius 1 is 1.43 bits per heavy atom. The Hall–Kier alpha value is -1.75. The molecule has 5 nitrogen and oxygen atoms in total. The van der Waals surface area contributed by atoms with Crippen molar-refractivity contribution in [1.29, 1.82) is 0 Å². The quantitative estimate of drug-likeness (QED) is 0.518. The topological polar surface area (TPSA) is 115 Å². The minimum Gasteiger partial charge on any atom is -0.481 e. The molecule has 0 spiro atoms. The first-order valence-electron chi connectivity index (χ1n) is 4.13. The molecule has 0 radical (unpaired) electrons. The fourth-order valence-electron chi connectivity index (χ4n) is 1.22. The molecule has 0 fully saturated rings. The molecule has 0 unspecified atom stereocenters. The summed E-state index contributed by atoms with van der Waals surface area (Å²) in [4.78, 5) is 10.4. The fourth-order valence-corrected chi connectivity index (χ4v) is 1.22. The van der Waals surface area contributed by atoms with Gasteiger partial charge in [-0.2, -0.15) is 0 Å². The number of rotatable bonds is 3. The van der Waals surface area contributed by atoms with E-state index in [0.717, 1.165) is 0 Å². The Labute approximate surface area is 81.5 Å². The molecule has 0 aliphatic rings. The number of hydrogen-bond acceptors (Lipinski definition) is 4. The molecule has 0 amide bonds. The van der Waals surface area contributed by atoms with Crippen LogP contribution in [0.1, 0.15) is 18.0 Å². The molecule has 5 heteroatoms. The maximum Gasteiger partial charge on any atom is 0.305 e. The molecule has 0 aliphatic carbocycles. The van der Waals surface area contributed by atoms with Crippen LogP contribution in [0.4, 0.5) is 11.4 Å². The largest absolute Gasteiger partial charge is 0.481 e. The second kappa shape index (κ2) is 3.97. The summed E-state index contributed by atoms with van der Waals surface area (Å²) in [6, 6.07) is 4.41. The highest BCUT2D eigenvalue weighted by molar-refractivity contribution is 5.71. The van der Waals surface area contributed by atoms with Crippen LogP contribution in [0.2, 0.25) is 0 Å². The first kappa shape index (κ1) is 10.3. The first-order valence-corrected chi connectivity index (χ1v) is 4.13. The molecule has 0 heterocycles. The third-order valence-corrected chi connectivity index (χ3v) is 1.97. The van der Waals surface area contributed by atoms with Crippen LogP contribution in [0, 0.1) is 0 Å². The second-order valence-corrected chi connectivity index (χ2v) is 3.05. The molecule has 14 heavy (non-hydrogen) atoms. The van der Waals surface area contributed by atoms with Gasteiger partial charge in [-0.05, 0) is 11.6 Å². The zero-order valence-electron chi connectivity index (χ0n) is 7.60. The van der Waals surface area contributed by atoms with Gasteiger partial charge in [0.15, 0.2) is 0 Å². The predicted octanol–water partition coefficient (Wildman–Crippen LogP) is 0.326. The van der Waals surface area contributed by atoms with E-state index in [1.54, 1.807) is 18.2 Å². The van der Waals surface area contributed by atoms with Crippen molar-refractivity contribution in [3.05, 3.63) is 23.8 Å². The molecular weight excluding hydrogens is 182 g/mol. The lowest BCUT2D eigenvalue weighted by molar-refractivity contribution is -0.137. The van der Waals surface area contributed by atoms with Crippen LogP contribution in [-0.2, 0) is 4.79 Å². The molecule has 76 valence electrons. The Morgan fingerprint density at radius 3 is 2.64 bits per heavy atom. The minimum atomic E-state index is -0.959. The second-order valence-electron chi connectivity index (χ2n) is 3.05. The number of anilines is 2. The monoisotopic (exact) mass is 195 g/mol. The normalized spacial score (nSPS) is 12.4. The molecule has 0 aromatic heterocycles. The van der Waals surface area contributed by atoms with Gasteiger partial charge in [-0.3, -0.25) is 4.79 Å². The van der Waals surface area contributed by atoms with Gasteiger partial charge in [0.2, 0.25) is 0 Å². The highest BCUT2D eigenvalue weighted by atomic mass is 16.4. The van der Waals surface area contributed by atoms with E-state index in [-0.39, 0.29) is 6.42 Å². The average Bonchev–Trinajstić information content (AvgIpc) is 2.08. The number of carboxylic acids is 1. The van der Waals surface area contributed by atoms with Crippen molar-refractivity contribution in [2.45, 2.75) is 12.5 Å². The summed E-state index contributed by atoms with van der Waals surface area (Å²) in [5, 5.41) is 8.55. The number of carboxylic acid groups (broad SMARTS) is 1. The molecule has 0 saturated carbocycles. The number of nitrogens with two attached hydrogens (primary N) is 3. The summed E-state index contributed by atoms with van der Waals surface area (Å²) in [5.41, 5.74) is 18.2. The number of nitrogen functional groups attached to an aromatic ring is 2. The van der Waals surface area contributed by atoms with Crippen LogP contribution in [0.15, 0.2) is 18.2 Å². The summed E-state index contributed by atoms with van der Waals surface area (Å²) < 4.78 is 0. The SMILES string of the molecule is Nc1cccc([C@@H](N)CC(=O)O)c1N. The average molecular weight is 195 g/mol. The minimum absolute atomic E-state index is 0.159. The molecule has 1 aromatic carbocycles. The first-order chi connectivity index (χ1) is 6.52. The van der Waals surface area contributed by atoms with E-state index < -0.39 is 12.0 Å². The Kier molecular flexibility index (Phi) is 2.93. The zero-order chi connectivity index (χ0) is 10.7. The van der Waals surface area contributed by atoms with Crippen LogP contribution < -0.4 is 17.2 Å². The van der Waals surface area contributed by atoms with Gasteiger partial charge >= 0.3 is 5.97 Å². The van der Waals surface area contributed by atoms with Gasteiger partial charge in [0.25, 0.3) is 0 Å². The predicted molar refractivity (Wildman–Crippen MR) is 54.4 cm³/mol. The number of aliphatic carboxylic acids is 1. The molecular formula is C9H13N3O2. The van der Waals surface area contributed by atoms with Crippen LogP contribution in [0.5, 0.6) is 0 Å². The molecule has 1 aromatic rings. The highest BCUT2D eigenvalue weighted by Gasteiger charge is 2.14. The summed E-state index contributed by atoms with van der Waals surface area (Å²) in [6.45, 7) is 0. The number of carbonyl (C=O) groups is 1. The zero-order valence-corrected chi connectivity index (χ0v) is 7.60. The van der Waals surface area contributed by atoms with Crippen LogP contribution in [0.3, 0.4) is 0 Å². The molecule has 0 aliphatic heterocycles. The summed E-state index contributed by atoms with van der Waals surface area (Å²) in [6.07, 6.45) is -0.159. The van der Waals surface area contributed by atoms with Crippen molar-refractivity contribution >= 4 is 17.3 Å². The van der Waals surface area contributed by atoms with Crippen molar-refractivity contribution in [3.63, 3.8) is 0 Å². The Bertz CT molecular complexity index is 352. The highest BCUT2D eigenvalue weighted by Crippen LogP contribution is 2.25. The lowest BCUT2D eigenvalue weighted by atomic mass is 10.0. The molecule has 0 saturated heterocycles. The Morgan fingerprint density at radius 2 is 2.07 bits per heavy atom. The van der Waals surface area contributed by atoms with E-state index in [4.69, 9.17) is 22.3 Å². The van der Waals surface area contributed by atoms with E-state index in [1.165, 1.54) is 0 Å². The van der Waals surface area contributed by atoms with Gasteiger partial charge in [-0.1, -0.05) is 12.1 Å². The summed E-state index contributed by atoms with van der Waals surface area (Å²) >= 11 is 0. The summed E-state index contributed by atoms with van der Waals surface area (Å²) in [7, 11) is 0. The molecule has 0 bridgehead atoms. The molecule has 1 rings (SSSR count). The third kappa shape index (κ3) is 2.14. The fraction of sp³-hybridized carbons (Fsp3) is 0.222. The number of benzene rings is 1. The lowest BCUT2D eigenvalue weighted by Gasteiger charge is -2.13. The van der Waals surface area contributed by atoms with E-state index in [9.17, 15) is 4.79 Å². The number of para-hydroxylation sites is 1. The van der Waals surface area contributed by atoms with Gasteiger partial charge in [-0.15, -0.1) is 0 Å². The van der Waals surface area contributed by atoms with Gasteiger partial charge in [-0.25, -0.2) is 0 Å². The maximum atomic E-state index is 10.4. The van der Waals surface area contributed by atoms with Gasteiger partial charge in [0.05, 0.1) is 17.8 Å². The summed E-state index contributed by atoms with van der Waals surface area (Å²) in [5.74, 6) is -0.959. The van der Waals surface area contributed by atoms with E-state index in [2.05, 4.69) is 0 Å². The van der Waals surface area contributed by atoms with Crippen molar-refractivity contribution in [1.82, 2.24) is 0 Å². The van der Waals surface area contributed by atoms with Gasteiger partial charge in [0.1, 0.15) is 0 Å².